The third kappa shape index (κ3) is 5.02. The average molecular weight is 416 g/mol. The molecule has 0 aliphatic heterocycles. The number of ether oxygens (including phenoxy) is 1. The van der Waals surface area contributed by atoms with E-state index < -0.39 is 0 Å². The van der Waals surface area contributed by atoms with Gasteiger partial charge in [0.05, 0.1) is 32.2 Å². The van der Waals surface area contributed by atoms with Gasteiger partial charge >= 0.3 is 0 Å². The number of amides is 1. The van der Waals surface area contributed by atoms with Crippen molar-refractivity contribution in [3.8, 4) is 22.7 Å². The zero-order valence-corrected chi connectivity index (χ0v) is 17.5. The van der Waals surface area contributed by atoms with Gasteiger partial charge in [-0.15, -0.1) is 0 Å². The Labute approximate surface area is 180 Å². The molecular formula is C24H24N4O3. The quantitative estimate of drug-likeness (QED) is 0.450. The Morgan fingerprint density at radius 2 is 1.97 bits per heavy atom. The molecule has 0 unspecified atom stereocenters. The Morgan fingerprint density at radius 1 is 1.13 bits per heavy atom. The van der Waals surface area contributed by atoms with Crippen molar-refractivity contribution < 1.29 is 13.9 Å². The van der Waals surface area contributed by atoms with Crippen molar-refractivity contribution in [1.29, 1.82) is 0 Å². The fourth-order valence-corrected chi connectivity index (χ4v) is 3.23. The second kappa shape index (κ2) is 9.32. The third-order valence-corrected chi connectivity index (χ3v) is 4.79. The van der Waals surface area contributed by atoms with Crippen LogP contribution in [0.3, 0.4) is 0 Å². The molecule has 7 heteroatoms. The molecular weight excluding hydrogens is 392 g/mol. The van der Waals surface area contributed by atoms with E-state index in [0.717, 1.165) is 34.0 Å². The number of aromatic nitrogens is 2. The maximum Gasteiger partial charge on any atom is 0.240 e. The lowest BCUT2D eigenvalue weighted by atomic mass is 10.1. The number of hydrogen-bond donors (Lipinski definition) is 2. The lowest BCUT2D eigenvalue weighted by Crippen LogP contribution is -2.28. The minimum atomic E-state index is -0.188. The first kappa shape index (κ1) is 20.4. The van der Waals surface area contributed by atoms with E-state index in [9.17, 15) is 4.79 Å². The number of rotatable bonds is 8. The number of benzene rings is 2. The monoisotopic (exact) mass is 416 g/mol. The first-order valence-electron chi connectivity index (χ1n) is 9.96. The fourth-order valence-electron chi connectivity index (χ4n) is 3.23. The van der Waals surface area contributed by atoms with Crippen LogP contribution in [-0.4, -0.2) is 29.1 Å². The smallest absolute Gasteiger partial charge is 0.240 e. The molecule has 0 atom stereocenters. The molecule has 2 aromatic carbocycles. The summed E-state index contributed by atoms with van der Waals surface area (Å²) in [7, 11) is 1.63. The summed E-state index contributed by atoms with van der Waals surface area (Å²) in [5.41, 5.74) is 3.72. The van der Waals surface area contributed by atoms with Crippen LogP contribution in [0.5, 0.6) is 5.75 Å². The number of hydrogen-bond acceptors (Lipinski definition) is 5. The number of nitrogens with zero attached hydrogens (tertiary/aromatic N) is 2. The van der Waals surface area contributed by atoms with E-state index in [0.29, 0.717) is 12.5 Å². The molecule has 0 saturated heterocycles. The average Bonchev–Trinajstić information content (AvgIpc) is 3.44. The summed E-state index contributed by atoms with van der Waals surface area (Å²) in [6.07, 6.45) is 3.53. The molecule has 4 rings (SSSR count). The minimum absolute atomic E-state index is 0.138. The van der Waals surface area contributed by atoms with E-state index in [-0.39, 0.29) is 12.5 Å². The summed E-state index contributed by atoms with van der Waals surface area (Å²) < 4.78 is 12.4. The maximum absolute atomic E-state index is 12.5. The molecule has 0 spiro atoms. The number of imidazole rings is 1. The Bertz CT molecular complexity index is 1150. The molecule has 158 valence electrons. The third-order valence-electron chi connectivity index (χ3n) is 4.79. The van der Waals surface area contributed by atoms with Gasteiger partial charge in [-0.3, -0.25) is 14.7 Å². The van der Waals surface area contributed by atoms with Crippen LogP contribution in [0.4, 0.5) is 5.95 Å². The molecule has 31 heavy (non-hydrogen) atoms. The summed E-state index contributed by atoms with van der Waals surface area (Å²) >= 11 is 0. The largest absolute Gasteiger partial charge is 0.497 e. The summed E-state index contributed by atoms with van der Waals surface area (Å²) in [6, 6.07) is 19.4. The molecule has 4 aromatic rings. The molecule has 1 amide bonds. The molecule has 2 heterocycles. The van der Waals surface area contributed by atoms with E-state index in [1.54, 1.807) is 13.4 Å². The van der Waals surface area contributed by atoms with E-state index in [1.165, 1.54) is 0 Å². The van der Waals surface area contributed by atoms with Crippen LogP contribution in [0.2, 0.25) is 0 Å². The zero-order valence-electron chi connectivity index (χ0n) is 17.5. The van der Waals surface area contributed by atoms with Gasteiger partial charge in [0, 0.05) is 17.4 Å². The van der Waals surface area contributed by atoms with Gasteiger partial charge in [-0.05, 0) is 61.0 Å². The van der Waals surface area contributed by atoms with Gasteiger partial charge in [0.25, 0.3) is 0 Å². The van der Waals surface area contributed by atoms with Crippen LogP contribution in [0, 0.1) is 6.92 Å². The summed E-state index contributed by atoms with van der Waals surface area (Å²) in [4.78, 5) is 17.2. The molecule has 0 fully saturated rings. The zero-order chi connectivity index (χ0) is 21.6. The molecule has 0 saturated carbocycles. The number of anilines is 1. The van der Waals surface area contributed by atoms with Crippen LogP contribution in [0.1, 0.15) is 11.3 Å². The Kier molecular flexibility index (Phi) is 6.14. The Balaban J connectivity index is 1.56. The summed E-state index contributed by atoms with van der Waals surface area (Å²) in [5.74, 6) is 1.82. The van der Waals surface area contributed by atoms with Gasteiger partial charge in [-0.2, -0.15) is 0 Å². The van der Waals surface area contributed by atoms with Crippen molar-refractivity contribution in [2.45, 2.75) is 13.5 Å². The van der Waals surface area contributed by atoms with Crippen LogP contribution in [0.25, 0.3) is 16.9 Å². The van der Waals surface area contributed by atoms with Crippen molar-refractivity contribution in [1.82, 2.24) is 14.9 Å². The Morgan fingerprint density at radius 3 is 2.68 bits per heavy atom. The van der Waals surface area contributed by atoms with Crippen LogP contribution < -0.4 is 15.4 Å². The maximum atomic E-state index is 12.5. The van der Waals surface area contributed by atoms with E-state index in [1.807, 2.05) is 78.4 Å². The van der Waals surface area contributed by atoms with Crippen molar-refractivity contribution in [2.75, 3.05) is 19.0 Å². The molecule has 0 aliphatic rings. The molecule has 2 aromatic heterocycles. The van der Waals surface area contributed by atoms with Crippen molar-refractivity contribution in [3.63, 3.8) is 0 Å². The minimum Gasteiger partial charge on any atom is -0.497 e. The molecule has 0 radical (unpaired) electrons. The molecule has 0 bridgehead atoms. The van der Waals surface area contributed by atoms with Crippen LogP contribution >= 0.6 is 0 Å². The van der Waals surface area contributed by atoms with Gasteiger partial charge in [-0.25, -0.2) is 4.98 Å². The number of aryl methyl sites for hydroxylation is 1. The standard InChI is InChI=1S/C24H24N4O3/c1-17-5-3-6-19(13-17)28-16-22(18-8-10-20(30-2)11-9-18)26-24(28)27-23(29)15-25-14-21-7-4-12-31-21/h3-13,16,25H,14-15H2,1-2H3,(H,26,27,29). The number of carbonyl (C=O) groups is 1. The molecule has 2 N–H and O–H groups in total. The number of furan rings is 1. The van der Waals surface area contributed by atoms with Gasteiger partial charge in [0.1, 0.15) is 11.5 Å². The fraction of sp³-hybridized carbons (Fsp3) is 0.167. The predicted octanol–water partition coefficient (Wildman–Crippen LogP) is 4.18. The second-order valence-corrected chi connectivity index (χ2v) is 7.12. The van der Waals surface area contributed by atoms with Gasteiger partial charge in [-0.1, -0.05) is 12.1 Å². The summed E-state index contributed by atoms with van der Waals surface area (Å²) in [5, 5.41) is 5.99. The van der Waals surface area contributed by atoms with Crippen molar-refractivity contribution in [3.05, 3.63) is 84.4 Å². The van der Waals surface area contributed by atoms with Gasteiger partial charge < -0.3 is 14.5 Å². The Hall–Kier alpha value is -3.84. The number of carbonyl (C=O) groups excluding carboxylic acids is 1. The number of nitrogens with one attached hydrogen (secondary N) is 2. The predicted molar refractivity (Wildman–Crippen MR) is 119 cm³/mol. The van der Waals surface area contributed by atoms with E-state index >= 15 is 0 Å². The highest BCUT2D eigenvalue weighted by molar-refractivity contribution is 5.91. The highest BCUT2D eigenvalue weighted by atomic mass is 16.5. The SMILES string of the molecule is COc1ccc(-c2cn(-c3cccc(C)c3)c(NC(=O)CNCc3ccco3)n2)cc1. The molecule has 7 nitrogen and oxygen atoms in total. The normalized spacial score (nSPS) is 10.8. The topological polar surface area (TPSA) is 81.3 Å². The summed E-state index contributed by atoms with van der Waals surface area (Å²) in [6.45, 7) is 2.64. The lowest BCUT2D eigenvalue weighted by Gasteiger charge is -2.10. The van der Waals surface area contributed by atoms with Gasteiger partial charge in [0.15, 0.2) is 0 Å². The first-order chi connectivity index (χ1) is 15.1. The van der Waals surface area contributed by atoms with E-state index in [4.69, 9.17) is 9.15 Å². The highest BCUT2D eigenvalue weighted by Crippen LogP contribution is 2.26. The second-order valence-electron chi connectivity index (χ2n) is 7.12. The van der Waals surface area contributed by atoms with Crippen LogP contribution in [0.15, 0.2) is 77.5 Å². The highest BCUT2D eigenvalue weighted by Gasteiger charge is 2.14. The first-order valence-corrected chi connectivity index (χ1v) is 9.96. The molecule has 0 aliphatic carbocycles. The van der Waals surface area contributed by atoms with Gasteiger partial charge in [0.2, 0.25) is 11.9 Å². The van der Waals surface area contributed by atoms with Crippen molar-refractivity contribution >= 4 is 11.9 Å². The van der Waals surface area contributed by atoms with Crippen molar-refractivity contribution in [2.24, 2.45) is 0 Å². The van der Waals surface area contributed by atoms with Crippen LogP contribution in [-0.2, 0) is 11.3 Å². The lowest BCUT2D eigenvalue weighted by molar-refractivity contribution is -0.115. The number of methoxy groups -OCH3 is 1. The van der Waals surface area contributed by atoms with E-state index in [2.05, 4.69) is 15.6 Å².